The fourth-order valence-corrected chi connectivity index (χ4v) is 2.89. The molecule has 2 fully saturated rings. The van der Waals surface area contributed by atoms with E-state index >= 15 is 0 Å². The largest absolute Gasteiger partial charge is 0.464 e. The van der Waals surface area contributed by atoms with E-state index < -0.39 is 11.7 Å². The van der Waals surface area contributed by atoms with E-state index in [2.05, 4.69) is 18.5 Å². The van der Waals surface area contributed by atoms with Crippen LogP contribution in [0.1, 0.15) is 47.5 Å². The maximum absolute atomic E-state index is 12.0. The van der Waals surface area contributed by atoms with E-state index in [1.54, 1.807) is 4.90 Å². The zero-order chi connectivity index (χ0) is 22.2. The Bertz CT molecular complexity index is 644. The van der Waals surface area contributed by atoms with Crippen molar-refractivity contribution < 1.29 is 28.6 Å². The summed E-state index contributed by atoms with van der Waals surface area (Å²) in [5.74, 6) is -0.569. The first-order valence-electron chi connectivity index (χ1n) is 9.70. The van der Waals surface area contributed by atoms with Gasteiger partial charge in [0.05, 0.1) is 6.04 Å². The summed E-state index contributed by atoms with van der Waals surface area (Å²) in [7, 11) is 0. The fourth-order valence-electron chi connectivity index (χ4n) is 2.89. The molecular weight excluding hydrogens is 412 g/mol. The summed E-state index contributed by atoms with van der Waals surface area (Å²) in [6, 6.07) is 0.114. The molecule has 2 saturated heterocycles. The number of ether oxygens (including phenoxy) is 3. The molecule has 2 aliphatic heterocycles. The molecule has 0 spiro atoms. The van der Waals surface area contributed by atoms with Crippen LogP contribution in [0.15, 0.2) is 24.3 Å². The van der Waals surface area contributed by atoms with Crippen LogP contribution in [0.25, 0.3) is 0 Å². The van der Waals surface area contributed by atoms with Gasteiger partial charge in [0, 0.05) is 33.0 Å². The van der Waals surface area contributed by atoms with Crippen molar-refractivity contribution in [3.05, 3.63) is 24.3 Å². The number of hydrogen-bond acceptors (Lipinski definition) is 7. The molecule has 1 N–H and O–H groups in total. The quantitative estimate of drug-likeness (QED) is 0.403. The summed E-state index contributed by atoms with van der Waals surface area (Å²) in [4.78, 5) is 34.8. The highest BCUT2D eigenvalue weighted by molar-refractivity contribution is 5.85. The Balaban J connectivity index is 0.000000603. The van der Waals surface area contributed by atoms with Gasteiger partial charge in [0.15, 0.2) is 0 Å². The van der Waals surface area contributed by atoms with Gasteiger partial charge in [-0.3, -0.25) is 14.5 Å². The summed E-state index contributed by atoms with van der Waals surface area (Å²) in [5, 5.41) is 3.18. The number of likely N-dealkylation sites (tertiary alicyclic amines) is 1. The van der Waals surface area contributed by atoms with Crippen molar-refractivity contribution >= 4 is 30.4 Å². The molecular formula is C21H35ClN2O6. The van der Waals surface area contributed by atoms with Crippen molar-refractivity contribution in [3.63, 3.8) is 0 Å². The monoisotopic (exact) mass is 446 g/mol. The van der Waals surface area contributed by atoms with Crippen molar-refractivity contribution in [2.45, 2.75) is 65.1 Å². The number of hydrogen-bond donors (Lipinski definition) is 1. The van der Waals surface area contributed by atoms with Gasteiger partial charge >= 0.3 is 18.0 Å². The molecule has 0 radical (unpaired) electrons. The minimum Gasteiger partial charge on any atom is -0.464 e. The second-order valence-electron chi connectivity index (χ2n) is 8.35. The van der Waals surface area contributed by atoms with E-state index in [4.69, 9.17) is 14.2 Å². The van der Waals surface area contributed by atoms with Gasteiger partial charge in [-0.05, 0) is 33.6 Å². The molecule has 9 heteroatoms. The van der Waals surface area contributed by atoms with Crippen LogP contribution in [0.5, 0.6) is 0 Å². The number of halogens is 1. The van der Waals surface area contributed by atoms with Crippen LogP contribution in [0.3, 0.4) is 0 Å². The number of rotatable bonds is 4. The zero-order valence-electron chi connectivity index (χ0n) is 18.6. The molecule has 0 aromatic rings. The predicted octanol–water partition coefficient (Wildman–Crippen LogP) is 3.00. The van der Waals surface area contributed by atoms with E-state index in [-0.39, 0.29) is 43.0 Å². The van der Waals surface area contributed by atoms with Crippen LogP contribution in [0.4, 0.5) is 4.79 Å². The van der Waals surface area contributed by atoms with Crippen LogP contribution in [-0.2, 0) is 23.8 Å². The van der Waals surface area contributed by atoms with Crippen molar-refractivity contribution in [2.24, 2.45) is 0 Å². The second kappa shape index (κ2) is 12.6. The Morgan fingerprint density at radius 2 is 1.60 bits per heavy atom. The maximum Gasteiger partial charge on any atom is 0.410 e. The van der Waals surface area contributed by atoms with Gasteiger partial charge in [-0.2, -0.15) is 0 Å². The third-order valence-corrected chi connectivity index (χ3v) is 4.13. The average Bonchev–Trinajstić information content (AvgIpc) is 3.15. The van der Waals surface area contributed by atoms with Gasteiger partial charge in [-0.15, -0.1) is 12.4 Å². The minimum absolute atomic E-state index is 0. The molecule has 8 nitrogen and oxygen atoms in total. The molecule has 2 atom stereocenters. The van der Waals surface area contributed by atoms with Crippen molar-refractivity contribution in [3.8, 4) is 0 Å². The number of amides is 1. The third kappa shape index (κ3) is 11.2. The smallest absolute Gasteiger partial charge is 0.410 e. The Hall–Kier alpha value is -2.06. The molecule has 2 heterocycles. The molecule has 0 aromatic carbocycles. The van der Waals surface area contributed by atoms with Crippen LogP contribution in [0.2, 0.25) is 0 Å². The van der Waals surface area contributed by atoms with Gasteiger partial charge < -0.3 is 19.5 Å². The lowest BCUT2D eigenvalue weighted by Crippen LogP contribution is -2.42. The molecule has 1 amide bonds. The van der Waals surface area contributed by atoms with E-state index in [0.29, 0.717) is 19.6 Å². The highest BCUT2D eigenvalue weighted by Gasteiger charge is 2.34. The lowest BCUT2D eigenvalue weighted by atomic mass is 10.2. The molecule has 2 rings (SSSR count). The van der Waals surface area contributed by atoms with E-state index in [1.165, 1.54) is 19.4 Å². The SMILES string of the molecule is C=C1CN[C@H](COC(C)=O)C1.C=C1C[C@@H](COC(C)=O)N(C(=O)OC(C)(C)C)C1.Cl. The fraction of sp³-hybridized carbons (Fsp3) is 0.667. The minimum atomic E-state index is -0.535. The van der Waals surface area contributed by atoms with Gasteiger partial charge in [0.2, 0.25) is 0 Å². The van der Waals surface area contributed by atoms with Crippen molar-refractivity contribution in [1.29, 1.82) is 0 Å². The summed E-state index contributed by atoms with van der Waals surface area (Å²) in [5.41, 5.74) is 1.59. The summed E-state index contributed by atoms with van der Waals surface area (Å²) < 4.78 is 15.1. The van der Waals surface area contributed by atoms with Gasteiger partial charge in [-0.1, -0.05) is 24.3 Å². The third-order valence-electron chi connectivity index (χ3n) is 4.13. The standard InChI is InChI=1S/C13H21NO4.C8H13NO2.ClH/c1-9-6-11(8-17-10(2)15)14(7-9)12(16)18-13(3,4)5;1-6-3-8(9-4-6)5-11-7(2)10;/h11H,1,6-8H2,2-5H3;8-9H,1,3-5H2,2H3;1H/t11-;8-;/m00./s1. The van der Waals surface area contributed by atoms with Crippen LogP contribution in [-0.4, -0.2) is 66.9 Å². The summed E-state index contributed by atoms with van der Waals surface area (Å²) >= 11 is 0. The number of carbonyl (C=O) groups excluding carboxylic acids is 3. The van der Waals surface area contributed by atoms with Gasteiger partial charge in [0.1, 0.15) is 18.8 Å². The first-order chi connectivity index (χ1) is 13.4. The molecule has 0 bridgehead atoms. The van der Waals surface area contributed by atoms with Crippen LogP contribution >= 0.6 is 12.4 Å². The van der Waals surface area contributed by atoms with Gasteiger partial charge in [0.25, 0.3) is 0 Å². The van der Waals surface area contributed by atoms with Crippen LogP contribution in [0, 0.1) is 0 Å². The normalized spacial score (nSPS) is 20.6. The predicted molar refractivity (Wildman–Crippen MR) is 117 cm³/mol. The number of nitrogens with one attached hydrogen (secondary N) is 1. The average molecular weight is 447 g/mol. The maximum atomic E-state index is 12.0. The first-order valence-corrected chi connectivity index (χ1v) is 9.70. The van der Waals surface area contributed by atoms with Crippen molar-refractivity contribution in [2.75, 3.05) is 26.3 Å². The topological polar surface area (TPSA) is 94.2 Å². The zero-order valence-corrected chi connectivity index (χ0v) is 19.4. The Kier molecular flexibility index (Phi) is 11.7. The Morgan fingerprint density at radius 1 is 1.03 bits per heavy atom. The Labute approximate surface area is 185 Å². The second-order valence-corrected chi connectivity index (χ2v) is 8.35. The van der Waals surface area contributed by atoms with E-state index in [1.807, 2.05) is 20.8 Å². The highest BCUT2D eigenvalue weighted by Crippen LogP contribution is 2.24. The van der Waals surface area contributed by atoms with E-state index in [9.17, 15) is 14.4 Å². The molecule has 0 saturated carbocycles. The van der Waals surface area contributed by atoms with Crippen LogP contribution < -0.4 is 5.32 Å². The lowest BCUT2D eigenvalue weighted by Gasteiger charge is -2.28. The first kappa shape index (κ1) is 27.9. The van der Waals surface area contributed by atoms with Gasteiger partial charge in [-0.25, -0.2) is 4.79 Å². The number of nitrogens with zero attached hydrogens (tertiary/aromatic N) is 1. The number of carbonyl (C=O) groups is 3. The molecule has 0 unspecified atom stereocenters. The molecule has 172 valence electrons. The molecule has 0 aliphatic carbocycles. The highest BCUT2D eigenvalue weighted by atomic mass is 35.5. The Morgan fingerprint density at radius 3 is 2.07 bits per heavy atom. The summed E-state index contributed by atoms with van der Waals surface area (Å²) in [6.45, 7) is 17.9. The summed E-state index contributed by atoms with van der Waals surface area (Å²) in [6.07, 6.45) is 1.18. The molecule has 30 heavy (non-hydrogen) atoms. The molecule has 0 aromatic heterocycles. The van der Waals surface area contributed by atoms with Crippen molar-refractivity contribution in [1.82, 2.24) is 10.2 Å². The lowest BCUT2D eigenvalue weighted by molar-refractivity contribution is -0.143. The molecule has 2 aliphatic rings. The van der Waals surface area contributed by atoms with E-state index in [0.717, 1.165) is 18.5 Å². The number of esters is 2.